The van der Waals surface area contributed by atoms with Crippen molar-refractivity contribution in [2.24, 2.45) is 5.92 Å². The molecule has 4 heteroatoms. The molecule has 0 aliphatic rings. The minimum absolute atomic E-state index is 0.219. The lowest BCUT2D eigenvalue weighted by Gasteiger charge is -2.17. The van der Waals surface area contributed by atoms with Gasteiger partial charge in [-0.1, -0.05) is 13.8 Å². The van der Waals surface area contributed by atoms with E-state index in [1.165, 1.54) is 18.6 Å². The van der Waals surface area contributed by atoms with Crippen LogP contribution in [0.25, 0.3) is 11.3 Å². The molecule has 1 N–H and O–H groups in total. The van der Waals surface area contributed by atoms with Gasteiger partial charge in [-0.15, -0.1) is 0 Å². The lowest BCUT2D eigenvalue weighted by Crippen LogP contribution is -2.22. The fraction of sp³-hybridized carbons (Fsp3) is 0.500. The summed E-state index contributed by atoms with van der Waals surface area (Å²) in [6.45, 7) is 6.77. The van der Waals surface area contributed by atoms with Crippen molar-refractivity contribution in [1.29, 1.82) is 0 Å². The van der Waals surface area contributed by atoms with Crippen LogP contribution in [-0.4, -0.2) is 35.2 Å². The van der Waals surface area contributed by atoms with Gasteiger partial charge in [-0.2, -0.15) is 5.10 Å². The van der Waals surface area contributed by atoms with Crippen molar-refractivity contribution in [3.05, 3.63) is 41.8 Å². The molecule has 0 bridgehead atoms. The molecule has 2 rings (SSSR count). The summed E-state index contributed by atoms with van der Waals surface area (Å²) < 4.78 is 12.9. The van der Waals surface area contributed by atoms with Gasteiger partial charge in [-0.3, -0.25) is 5.10 Å². The molecule has 22 heavy (non-hydrogen) atoms. The first-order valence-corrected chi connectivity index (χ1v) is 8.03. The largest absolute Gasteiger partial charge is 0.306 e. The van der Waals surface area contributed by atoms with Crippen LogP contribution in [0, 0.1) is 11.7 Å². The molecule has 0 aliphatic heterocycles. The summed E-state index contributed by atoms with van der Waals surface area (Å²) in [5.41, 5.74) is 2.96. The van der Waals surface area contributed by atoms with Gasteiger partial charge < -0.3 is 4.90 Å². The maximum atomic E-state index is 12.9. The molecule has 0 radical (unpaired) electrons. The first-order chi connectivity index (χ1) is 10.5. The third kappa shape index (κ3) is 5.26. The summed E-state index contributed by atoms with van der Waals surface area (Å²) in [6, 6.07) is 8.51. The molecule has 1 heterocycles. The Hall–Kier alpha value is -1.68. The van der Waals surface area contributed by atoms with E-state index in [2.05, 4.69) is 42.1 Å². The van der Waals surface area contributed by atoms with Gasteiger partial charge in [0.15, 0.2) is 0 Å². The van der Waals surface area contributed by atoms with Crippen molar-refractivity contribution in [3.8, 4) is 11.3 Å². The number of halogens is 1. The second-order valence-corrected chi connectivity index (χ2v) is 6.37. The molecule has 3 nitrogen and oxygen atoms in total. The number of benzene rings is 1. The van der Waals surface area contributed by atoms with Gasteiger partial charge in [0.1, 0.15) is 5.82 Å². The highest BCUT2D eigenvalue weighted by Crippen LogP contribution is 2.18. The van der Waals surface area contributed by atoms with Gasteiger partial charge in [-0.25, -0.2) is 4.39 Å². The summed E-state index contributed by atoms with van der Waals surface area (Å²) in [5.74, 6) is 0.539. The van der Waals surface area contributed by atoms with Crippen LogP contribution in [0.2, 0.25) is 0 Å². The van der Waals surface area contributed by atoms with Crippen molar-refractivity contribution in [3.63, 3.8) is 0 Å². The number of hydrogen-bond donors (Lipinski definition) is 1. The van der Waals surface area contributed by atoms with E-state index in [1.54, 1.807) is 12.1 Å². The van der Waals surface area contributed by atoms with Crippen molar-refractivity contribution in [2.45, 2.75) is 33.1 Å². The molecule has 0 aliphatic carbocycles. The molecule has 0 saturated heterocycles. The lowest BCUT2D eigenvalue weighted by atomic mass is 10.1. The second kappa shape index (κ2) is 8.08. The van der Waals surface area contributed by atoms with E-state index in [4.69, 9.17) is 0 Å². The highest BCUT2D eigenvalue weighted by molar-refractivity contribution is 5.58. The van der Waals surface area contributed by atoms with E-state index in [1.807, 2.05) is 0 Å². The molecule has 0 spiro atoms. The van der Waals surface area contributed by atoms with Crippen molar-refractivity contribution in [2.75, 3.05) is 20.1 Å². The molecule has 2 aromatic rings. The summed E-state index contributed by atoms with van der Waals surface area (Å²) >= 11 is 0. The highest BCUT2D eigenvalue weighted by Gasteiger charge is 2.05. The van der Waals surface area contributed by atoms with E-state index in [0.717, 1.165) is 48.8 Å². The van der Waals surface area contributed by atoms with Crippen LogP contribution in [0.15, 0.2) is 30.3 Å². The van der Waals surface area contributed by atoms with Crippen LogP contribution < -0.4 is 0 Å². The maximum absolute atomic E-state index is 12.9. The van der Waals surface area contributed by atoms with Crippen molar-refractivity contribution < 1.29 is 4.39 Å². The zero-order valence-corrected chi connectivity index (χ0v) is 13.8. The Kier molecular flexibility index (Phi) is 6.13. The van der Waals surface area contributed by atoms with Crippen LogP contribution in [0.3, 0.4) is 0 Å². The average molecular weight is 303 g/mol. The van der Waals surface area contributed by atoms with Gasteiger partial charge in [0.2, 0.25) is 0 Å². The molecular weight excluding hydrogens is 277 g/mol. The fourth-order valence-corrected chi connectivity index (χ4v) is 2.39. The fourth-order valence-electron chi connectivity index (χ4n) is 2.39. The van der Waals surface area contributed by atoms with Crippen LogP contribution in [0.1, 0.15) is 32.4 Å². The zero-order valence-electron chi connectivity index (χ0n) is 13.8. The van der Waals surface area contributed by atoms with E-state index >= 15 is 0 Å². The minimum Gasteiger partial charge on any atom is -0.306 e. The molecule has 1 aromatic heterocycles. The Morgan fingerprint density at radius 3 is 2.59 bits per heavy atom. The number of H-pyrrole nitrogens is 1. The SMILES string of the molecule is CC(C)CCN(C)CCCc1cc(-c2ccc(F)cc2)n[nH]1. The first kappa shape index (κ1) is 16.7. The Morgan fingerprint density at radius 2 is 1.91 bits per heavy atom. The Morgan fingerprint density at radius 1 is 1.18 bits per heavy atom. The van der Waals surface area contributed by atoms with Gasteiger partial charge in [-0.05, 0) is 75.6 Å². The highest BCUT2D eigenvalue weighted by atomic mass is 19.1. The van der Waals surface area contributed by atoms with Gasteiger partial charge in [0.05, 0.1) is 5.69 Å². The molecule has 0 saturated carbocycles. The number of rotatable bonds is 8. The van der Waals surface area contributed by atoms with Crippen molar-refractivity contribution in [1.82, 2.24) is 15.1 Å². The molecule has 1 aromatic carbocycles. The standard InChI is InChI=1S/C18H26FN3/c1-14(2)10-12-22(3)11-4-5-17-13-18(21-20-17)15-6-8-16(19)9-7-15/h6-9,13-14H,4-5,10-12H2,1-3H3,(H,20,21). The van der Waals surface area contributed by atoms with Crippen LogP contribution in [0.4, 0.5) is 4.39 Å². The smallest absolute Gasteiger partial charge is 0.123 e. The molecule has 120 valence electrons. The van der Waals surface area contributed by atoms with Gasteiger partial charge in [0.25, 0.3) is 0 Å². The maximum Gasteiger partial charge on any atom is 0.123 e. The first-order valence-electron chi connectivity index (χ1n) is 8.03. The van der Waals surface area contributed by atoms with Gasteiger partial charge >= 0.3 is 0 Å². The number of aromatic amines is 1. The number of aryl methyl sites for hydroxylation is 1. The third-order valence-corrected chi connectivity index (χ3v) is 3.85. The quantitative estimate of drug-likeness (QED) is 0.795. The van der Waals surface area contributed by atoms with E-state index < -0.39 is 0 Å². The number of nitrogens with one attached hydrogen (secondary N) is 1. The van der Waals surface area contributed by atoms with Crippen LogP contribution in [0.5, 0.6) is 0 Å². The predicted octanol–water partition coefficient (Wildman–Crippen LogP) is 4.13. The third-order valence-electron chi connectivity index (χ3n) is 3.85. The predicted molar refractivity (Wildman–Crippen MR) is 89.3 cm³/mol. The Bertz CT molecular complexity index is 560. The van der Waals surface area contributed by atoms with E-state index in [9.17, 15) is 4.39 Å². The number of nitrogens with zero attached hydrogens (tertiary/aromatic N) is 2. The Labute approximate surface area is 132 Å². The monoisotopic (exact) mass is 303 g/mol. The zero-order chi connectivity index (χ0) is 15.9. The lowest BCUT2D eigenvalue weighted by molar-refractivity contribution is 0.306. The number of hydrogen-bond acceptors (Lipinski definition) is 2. The van der Waals surface area contributed by atoms with Crippen LogP contribution in [-0.2, 0) is 6.42 Å². The Balaban J connectivity index is 1.79. The molecular formula is C18H26FN3. The summed E-state index contributed by atoms with van der Waals surface area (Å²) in [7, 11) is 2.18. The van der Waals surface area contributed by atoms with E-state index in [0.29, 0.717) is 0 Å². The normalized spacial score (nSPS) is 11.5. The molecule has 0 amide bonds. The topological polar surface area (TPSA) is 31.9 Å². The molecule has 0 unspecified atom stereocenters. The minimum atomic E-state index is -0.219. The van der Waals surface area contributed by atoms with Crippen molar-refractivity contribution >= 4 is 0 Å². The molecule has 0 atom stereocenters. The average Bonchev–Trinajstić information content (AvgIpc) is 2.95. The molecule has 0 fully saturated rings. The van der Waals surface area contributed by atoms with Gasteiger partial charge in [0, 0.05) is 11.3 Å². The summed E-state index contributed by atoms with van der Waals surface area (Å²) in [4.78, 5) is 2.39. The summed E-state index contributed by atoms with van der Waals surface area (Å²) in [5, 5.41) is 7.39. The van der Waals surface area contributed by atoms with Crippen LogP contribution >= 0.6 is 0 Å². The number of aromatic nitrogens is 2. The second-order valence-electron chi connectivity index (χ2n) is 6.37. The van der Waals surface area contributed by atoms with E-state index in [-0.39, 0.29) is 5.82 Å². The summed E-state index contributed by atoms with van der Waals surface area (Å²) in [6.07, 6.45) is 3.34.